The summed E-state index contributed by atoms with van der Waals surface area (Å²) in [6.07, 6.45) is 1.72. The Labute approximate surface area is 170 Å². The first-order valence-electron chi connectivity index (χ1n) is 9.39. The molecular weight excluding hydrogens is 386 g/mol. The summed E-state index contributed by atoms with van der Waals surface area (Å²) in [5.41, 5.74) is 3.22. The minimum Gasteiger partial charge on any atom is -0.322 e. The number of carbonyl (C=O) groups excluding carboxylic acids is 1. The van der Waals surface area contributed by atoms with Crippen molar-refractivity contribution >= 4 is 21.6 Å². The highest BCUT2D eigenvalue weighted by atomic mass is 32.2. The van der Waals surface area contributed by atoms with Crippen LogP contribution in [0.3, 0.4) is 0 Å². The van der Waals surface area contributed by atoms with Gasteiger partial charge in [0.2, 0.25) is 10.0 Å². The molecule has 1 fully saturated rings. The van der Waals surface area contributed by atoms with Crippen LogP contribution in [0.4, 0.5) is 5.69 Å². The number of rotatable bonds is 6. The maximum Gasteiger partial charge on any atom is 0.257 e. The van der Waals surface area contributed by atoms with Crippen LogP contribution in [0, 0.1) is 6.92 Å². The Balaban J connectivity index is 1.53. The first-order valence-corrected chi connectivity index (χ1v) is 10.9. The van der Waals surface area contributed by atoms with Gasteiger partial charge in [-0.2, -0.15) is 0 Å². The van der Waals surface area contributed by atoms with Gasteiger partial charge in [-0.3, -0.25) is 9.78 Å². The monoisotopic (exact) mass is 407 g/mol. The van der Waals surface area contributed by atoms with Crippen molar-refractivity contribution in [3.05, 3.63) is 78.0 Å². The smallest absolute Gasteiger partial charge is 0.257 e. The number of benzene rings is 2. The van der Waals surface area contributed by atoms with Crippen molar-refractivity contribution in [2.45, 2.75) is 30.7 Å². The van der Waals surface area contributed by atoms with Crippen molar-refractivity contribution in [2.24, 2.45) is 0 Å². The molecule has 6 nitrogen and oxygen atoms in total. The number of aryl methyl sites for hydroxylation is 1. The lowest BCUT2D eigenvalue weighted by molar-refractivity contribution is 0.102. The Hall–Kier alpha value is -3.03. The Morgan fingerprint density at radius 2 is 1.76 bits per heavy atom. The summed E-state index contributed by atoms with van der Waals surface area (Å²) in [4.78, 5) is 17.4. The van der Waals surface area contributed by atoms with Gasteiger partial charge in [-0.15, -0.1) is 0 Å². The molecular formula is C22H21N3O3S. The van der Waals surface area contributed by atoms with E-state index in [1.807, 2.05) is 30.3 Å². The molecule has 2 N–H and O–H groups in total. The molecule has 2 aromatic carbocycles. The number of amides is 1. The highest BCUT2D eigenvalue weighted by Crippen LogP contribution is 2.24. The molecule has 4 rings (SSSR count). The maximum atomic E-state index is 12.7. The molecule has 1 saturated carbocycles. The van der Waals surface area contributed by atoms with E-state index in [9.17, 15) is 13.2 Å². The van der Waals surface area contributed by atoms with E-state index in [4.69, 9.17) is 0 Å². The van der Waals surface area contributed by atoms with Gasteiger partial charge >= 0.3 is 0 Å². The van der Waals surface area contributed by atoms with Crippen LogP contribution in [-0.2, 0) is 10.0 Å². The minimum absolute atomic E-state index is 0.0232. The first kappa shape index (κ1) is 19.3. The molecule has 0 spiro atoms. The number of carbonyl (C=O) groups is 1. The highest BCUT2D eigenvalue weighted by Gasteiger charge is 2.28. The number of nitrogens with zero attached hydrogens (tertiary/aromatic N) is 1. The van der Waals surface area contributed by atoms with Crippen LogP contribution in [0.2, 0.25) is 0 Å². The number of hydrogen-bond acceptors (Lipinski definition) is 4. The second kappa shape index (κ2) is 7.77. The molecule has 1 amide bonds. The Bertz CT molecular complexity index is 1160. The summed E-state index contributed by atoms with van der Waals surface area (Å²) in [5, 5.41) is 2.77. The number of hydrogen-bond donors (Lipinski definition) is 2. The number of anilines is 1. The molecule has 7 heteroatoms. The van der Waals surface area contributed by atoms with Crippen molar-refractivity contribution in [3.8, 4) is 11.3 Å². The molecule has 0 aliphatic heterocycles. The molecule has 1 aromatic heterocycles. The maximum absolute atomic E-state index is 12.7. The van der Waals surface area contributed by atoms with E-state index in [0.29, 0.717) is 16.9 Å². The van der Waals surface area contributed by atoms with Crippen LogP contribution < -0.4 is 10.0 Å². The van der Waals surface area contributed by atoms with E-state index >= 15 is 0 Å². The van der Waals surface area contributed by atoms with Crippen molar-refractivity contribution in [2.75, 3.05) is 5.32 Å². The lowest BCUT2D eigenvalue weighted by Gasteiger charge is -2.11. The lowest BCUT2D eigenvalue weighted by Crippen LogP contribution is -2.25. The largest absolute Gasteiger partial charge is 0.322 e. The molecule has 0 unspecified atom stereocenters. The Kier molecular flexibility index (Phi) is 5.17. The molecule has 1 aliphatic rings. The zero-order chi connectivity index (χ0) is 20.4. The average Bonchev–Trinajstić information content (AvgIpc) is 3.52. The van der Waals surface area contributed by atoms with Gasteiger partial charge in [0.15, 0.2) is 0 Å². The zero-order valence-electron chi connectivity index (χ0n) is 15.9. The van der Waals surface area contributed by atoms with Gasteiger partial charge in [0.25, 0.3) is 5.91 Å². The second-order valence-corrected chi connectivity index (χ2v) is 8.79. The number of aromatic nitrogens is 1. The zero-order valence-corrected chi connectivity index (χ0v) is 16.7. The van der Waals surface area contributed by atoms with Crippen LogP contribution >= 0.6 is 0 Å². The van der Waals surface area contributed by atoms with Crippen LogP contribution in [0.5, 0.6) is 0 Å². The van der Waals surface area contributed by atoms with Gasteiger partial charge in [0.05, 0.1) is 21.8 Å². The molecule has 0 bridgehead atoms. The van der Waals surface area contributed by atoms with E-state index in [1.165, 1.54) is 12.1 Å². The number of pyridine rings is 1. The summed E-state index contributed by atoms with van der Waals surface area (Å²) >= 11 is 0. The Morgan fingerprint density at radius 3 is 2.45 bits per heavy atom. The summed E-state index contributed by atoms with van der Waals surface area (Å²) in [6, 6.07) is 19.5. The second-order valence-electron chi connectivity index (χ2n) is 7.07. The third kappa shape index (κ3) is 4.52. The summed E-state index contributed by atoms with van der Waals surface area (Å²) < 4.78 is 27.4. The van der Waals surface area contributed by atoms with E-state index in [-0.39, 0.29) is 16.8 Å². The van der Waals surface area contributed by atoms with E-state index in [2.05, 4.69) is 15.0 Å². The summed E-state index contributed by atoms with van der Waals surface area (Å²) in [5.74, 6) is -0.334. The van der Waals surface area contributed by atoms with Crippen LogP contribution in [0.1, 0.15) is 28.9 Å². The van der Waals surface area contributed by atoms with Crippen LogP contribution in [0.15, 0.2) is 71.6 Å². The molecule has 0 radical (unpaired) electrons. The fourth-order valence-corrected chi connectivity index (χ4v) is 4.35. The summed E-state index contributed by atoms with van der Waals surface area (Å²) in [7, 11) is -3.58. The van der Waals surface area contributed by atoms with Gasteiger partial charge in [-0.05, 0) is 50.1 Å². The number of sulfonamides is 1. The predicted molar refractivity (Wildman–Crippen MR) is 112 cm³/mol. The van der Waals surface area contributed by atoms with Crippen molar-refractivity contribution in [1.82, 2.24) is 9.71 Å². The highest BCUT2D eigenvalue weighted by molar-refractivity contribution is 7.89. The fraction of sp³-hybridized carbons (Fsp3) is 0.182. The third-order valence-electron chi connectivity index (χ3n) is 4.70. The van der Waals surface area contributed by atoms with Crippen molar-refractivity contribution in [3.63, 3.8) is 0 Å². The van der Waals surface area contributed by atoms with Gasteiger partial charge in [0, 0.05) is 17.3 Å². The van der Waals surface area contributed by atoms with E-state index in [0.717, 1.165) is 24.1 Å². The lowest BCUT2D eigenvalue weighted by atomic mass is 10.1. The third-order valence-corrected chi connectivity index (χ3v) is 6.22. The van der Waals surface area contributed by atoms with Crippen LogP contribution in [-0.4, -0.2) is 25.4 Å². The van der Waals surface area contributed by atoms with Gasteiger partial charge < -0.3 is 5.32 Å². The van der Waals surface area contributed by atoms with Crippen molar-refractivity contribution < 1.29 is 13.2 Å². The average molecular weight is 407 g/mol. The van der Waals surface area contributed by atoms with Crippen LogP contribution in [0.25, 0.3) is 11.3 Å². The molecule has 148 valence electrons. The van der Waals surface area contributed by atoms with Crippen molar-refractivity contribution in [1.29, 1.82) is 0 Å². The van der Waals surface area contributed by atoms with Gasteiger partial charge in [0.1, 0.15) is 0 Å². The first-order chi connectivity index (χ1) is 13.9. The molecule has 1 heterocycles. The molecule has 0 saturated heterocycles. The number of nitrogens with one attached hydrogen (secondary N) is 2. The van der Waals surface area contributed by atoms with Gasteiger partial charge in [-0.25, -0.2) is 13.1 Å². The fourth-order valence-electron chi connectivity index (χ4n) is 3.00. The summed E-state index contributed by atoms with van der Waals surface area (Å²) in [6.45, 7) is 1.78. The van der Waals surface area contributed by atoms with E-state index < -0.39 is 10.0 Å². The van der Waals surface area contributed by atoms with Gasteiger partial charge in [-0.1, -0.05) is 36.4 Å². The quantitative estimate of drug-likeness (QED) is 0.651. The minimum atomic E-state index is -3.58. The molecule has 29 heavy (non-hydrogen) atoms. The molecule has 3 aromatic rings. The topological polar surface area (TPSA) is 88.2 Å². The van der Waals surface area contributed by atoms with E-state index in [1.54, 1.807) is 31.2 Å². The standard InChI is InChI=1S/C22H21N3O3S/c1-15-20(12-13-21(23-15)16-6-3-2-4-7-16)22(26)24-18-8-5-9-19(14-18)29(27,28)25-17-10-11-17/h2-9,12-14,17,25H,10-11H2,1H3,(H,24,26). The normalized spacial score (nSPS) is 13.8. The molecule has 1 aliphatic carbocycles. The predicted octanol–water partition coefficient (Wildman–Crippen LogP) is 3.75. The Morgan fingerprint density at radius 1 is 1.00 bits per heavy atom. The molecule has 0 atom stereocenters. The SMILES string of the molecule is Cc1nc(-c2ccccc2)ccc1C(=O)Nc1cccc(S(=O)(=O)NC2CC2)c1.